The SMILES string of the molecule is Cc1cc(NC(=O)NC(=O)c2c(Cl)cccc2Cl)c(C)c(Cl)c1Oc1ccc([S+]([O-])c2ccc(Cl)cc2)cc1. The summed E-state index contributed by atoms with van der Waals surface area (Å²) in [5.41, 5.74) is 1.54. The maximum absolute atomic E-state index is 12.8. The molecule has 1 atom stereocenters. The van der Waals surface area contributed by atoms with E-state index in [1.54, 1.807) is 74.5 Å². The van der Waals surface area contributed by atoms with Gasteiger partial charge in [0, 0.05) is 21.9 Å². The topological polar surface area (TPSA) is 90.5 Å². The van der Waals surface area contributed by atoms with Crippen molar-refractivity contribution in [1.82, 2.24) is 5.32 Å². The Kier molecular flexibility index (Phi) is 9.33. The van der Waals surface area contributed by atoms with Gasteiger partial charge >= 0.3 is 6.03 Å². The van der Waals surface area contributed by atoms with Crippen LogP contribution in [-0.4, -0.2) is 16.5 Å². The number of hydrogen-bond donors (Lipinski definition) is 2. The van der Waals surface area contributed by atoms with Crippen LogP contribution in [0.25, 0.3) is 0 Å². The van der Waals surface area contributed by atoms with E-state index in [0.29, 0.717) is 43.1 Å². The fourth-order valence-electron chi connectivity index (χ4n) is 3.58. The second kappa shape index (κ2) is 12.5. The van der Waals surface area contributed by atoms with Crippen molar-refractivity contribution in [3.8, 4) is 11.5 Å². The highest BCUT2D eigenvalue weighted by molar-refractivity contribution is 7.91. The molecule has 0 aliphatic rings. The Labute approximate surface area is 248 Å². The molecule has 1 unspecified atom stereocenters. The van der Waals surface area contributed by atoms with Crippen LogP contribution in [0.4, 0.5) is 10.5 Å². The van der Waals surface area contributed by atoms with Crippen LogP contribution in [0.15, 0.2) is 82.6 Å². The van der Waals surface area contributed by atoms with E-state index in [-0.39, 0.29) is 20.6 Å². The molecular weight excluding hydrogens is 602 g/mol. The first-order valence-corrected chi connectivity index (χ1v) is 14.0. The van der Waals surface area contributed by atoms with Gasteiger partial charge < -0.3 is 14.6 Å². The van der Waals surface area contributed by atoms with Crippen molar-refractivity contribution in [2.45, 2.75) is 23.6 Å². The number of halogens is 4. The third-order valence-electron chi connectivity index (χ3n) is 5.60. The first-order valence-electron chi connectivity index (χ1n) is 11.4. The average Bonchev–Trinajstić information content (AvgIpc) is 2.90. The summed E-state index contributed by atoms with van der Waals surface area (Å²) in [5, 5.41) is 5.92. The van der Waals surface area contributed by atoms with Crippen LogP contribution in [0.2, 0.25) is 20.1 Å². The molecule has 4 rings (SSSR count). The molecule has 200 valence electrons. The number of hydrogen-bond acceptors (Lipinski definition) is 4. The van der Waals surface area contributed by atoms with Crippen LogP contribution >= 0.6 is 46.4 Å². The molecule has 4 aromatic rings. The Balaban J connectivity index is 1.47. The van der Waals surface area contributed by atoms with Gasteiger partial charge in [0.2, 0.25) is 0 Å². The normalized spacial score (nSPS) is 11.6. The highest BCUT2D eigenvalue weighted by Crippen LogP contribution is 2.39. The molecule has 0 saturated carbocycles. The van der Waals surface area contributed by atoms with Crippen LogP contribution in [-0.2, 0) is 11.2 Å². The largest absolute Gasteiger partial charge is 0.606 e. The van der Waals surface area contributed by atoms with Crippen molar-refractivity contribution in [3.63, 3.8) is 0 Å². The predicted octanol–water partition coefficient (Wildman–Crippen LogP) is 8.84. The predicted molar refractivity (Wildman–Crippen MR) is 157 cm³/mol. The van der Waals surface area contributed by atoms with Gasteiger partial charge in [0.25, 0.3) is 5.91 Å². The Hall–Kier alpha value is -2.91. The maximum atomic E-state index is 12.8. The molecule has 11 heteroatoms. The Morgan fingerprint density at radius 2 is 1.41 bits per heavy atom. The molecular formula is C28H20Cl4N2O4S. The quantitative estimate of drug-likeness (QED) is 0.210. The van der Waals surface area contributed by atoms with Gasteiger partial charge in [-0.05, 0) is 91.7 Å². The molecule has 0 bridgehead atoms. The lowest BCUT2D eigenvalue weighted by atomic mass is 10.1. The fourth-order valence-corrected chi connectivity index (χ4v) is 5.61. The number of rotatable bonds is 6. The van der Waals surface area contributed by atoms with Crippen molar-refractivity contribution >= 4 is 75.2 Å². The lowest BCUT2D eigenvalue weighted by Crippen LogP contribution is -2.34. The molecule has 0 aromatic heterocycles. The summed E-state index contributed by atoms with van der Waals surface area (Å²) in [6, 6.07) is 19.1. The van der Waals surface area contributed by atoms with Crippen molar-refractivity contribution in [2.24, 2.45) is 0 Å². The zero-order valence-corrected chi connectivity index (χ0v) is 24.3. The second-order valence-corrected chi connectivity index (χ2v) is 11.4. The summed E-state index contributed by atoms with van der Waals surface area (Å²) in [5.74, 6) is 0.131. The van der Waals surface area contributed by atoms with E-state index in [2.05, 4.69) is 10.6 Å². The minimum atomic E-state index is -1.38. The van der Waals surface area contributed by atoms with Gasteiger partial charge in [-0.15, -0.1) is 0 Å². The van der Waals surface area contributed by atoms with Gasteiger partial charge in [0.05, 0.1) is 20.6 Å². The van der Waals surface area contributed by atoms with Gasteiger partial charge in [-0.25, -0.2) is 4.79 Å². The molecule has 0 saturated heterocycles. The summed E-state index contributed by atoms with van der Waals surface area (Å²) in [6.45, 7) is 3.47. The number of urea groups is 1. The number of imide groups is 1. The number of aryl methyl sites for hydroxylation is 1. The number of carbonyl (C=O) groups excluding carboxylic acids is 2. The summed E-state index contributed by atoms with van der Waals surface area (Å²) >= 11 is 23.2. The third-order valence-corrected chi connectivity index (χ3v) is 8.34. The van der Waals surface area contributed by atoms with Crippen LogP contribution < -0.4 is 15.4 Å². The number of anilines is 1. The Bertz CT molecular complexity index is 1530. The number of carbonyl (C=O) groups is 2. The van der Waals surface area contributed by atoms with E-state index in [1.165, 1.54) is 12.1 Å². The van der Waals surface area contributed by atoms with Crippen molar-refractivity contribution in [3.05, 3.63) is 110 Å². The number of amides is 3. The highest BCUT2D eigenvalue weighted by atomic mass is 35.5. The Morgan fingerprint density at radius 1 is 0.846 bits per heavy atom. The molecule has 0 aliphatic carbocycles. The van der Waals surface area contributed by atoms with Crippen LogP contribution in [0, 0.1) is 13.8 Å². The van der Waals surface area contributed by atoms with E-state index >= 15 is 0 Å². The smallest absolute Gasteiger partial charge is 0.326 e. The standard InChI is InChI=1S/C28H20Cl4N2O4S/c1-15-14-23(33-28(36)34-27(35)24-21(30)4-3-5-22(24)31)16(2)25(32)26(15)38-18-8-12-20(13-9-18)39(37)19-10-6-17(29)7-11-19/h3-14H,1-2H3,(H2,33,34,35,36). The molecule has 6 nitrogen and oxygen atoms in total. The van der Waals surface area contributed by atoms with Crippen LogP contribution in [0.3, 0.4) is 0 Å². The molecule has 0 heterocycles. The van der Waals surface area contributed by atoms with E-state index < -0.39 is 23.1 Å². The minimum absolute atomic E-state index is 0.00585. The molecule has 0 aliphatic heterocycles. The minimum Gasteiger partial charge on any atom is -0.606 e. The van der Waals surface area contributed by atoms with E-state index in [1.807, 2.05) is 0 Å². The molecule has 4 aromatic carbocycles. The summed E-state index contributed by atoms with van der Waals surface area (Å²) in [7, 11) is 0. The summed E-state index contributed by atoms with van der Waals surface area (Å²) in [6.07, 6.45) is 0. The van der Waals surface area contributed by atoms with E-state index in [0.717, 1.165) is 0 Å². The van der Waals surface area contributed by atoms with Crippen LogP contribution in [0.1, 0.15) is 21.5 Å². The number of benzene rings is 4. The van der Waals surface area contributed by atoms with Gasteiger partial charge in [-0.1, -0.05) is 52.5 Å². The van der Waals surface area contributed by atoms with Crippen molar-refractivity contribution < 1.29 is 18.9 Å². The molecule has 3 amide bonds. The van der Waals surface area contributed by atoms with Gasteiger partial charge in [-0.3, -0.25) is 10.1 Å². The van der Waals surface area contributed by atoms with Gasteiger partial charge in [0.1, 0.15) is 11.5 Å². The first kappa shape index (κ1) is 29.1. The van der Waals surface area contributed by atoms with E-state index in [4.69, 9.17) is 51.1 Å². The first-order chi connectivity index (χ1) is 18.5. The third kappa shape index (κ3) is 6.81. The zero-order valence-electron chi connectivity index (χ0n) is 20.5. The van der Waals surface area contributed by atoms with Gasteiger partial charge in [-0.2, -0.15) is 0 Å². The maximum Gasteiger partial charge on any atom is 0.326 e. The molecule has 39 heavy (non-hydrogen) atoms. The highest BCUT2D eigenvalue weighted by Gasteiger charge is 2.20. The monoisotopic (exact) mass is 620 g/mol. The lowest BCUT2D eigenvalue weighted by Gasteiger charge is -2.17. The lowest BCUT2D eigenvalue weighted by molar-refractivity contribution is 0.0967. The molecule has 0 spiro atoms. The second-order valence-electron chi connectivity index (χ2n) is 8.31. The van der Waals surface area contributed by atoms with E-state index in [9.17, 15) is 14.1 Å². The molecule has 2 N–H and O–H groups in total. The van der Waals surface area contributed by atoms with Crippen molar-refractivity contribution in [2.75, 3.05) is 5.32 Å². The summed E-state index contributed by atoms with van der Waals surface area (Å²) in [4.78, 5) is 26.3. The van der Waals surface area contributed by atoms with Crippen LogP contribution in [0.5, 0.6) is 11.5 Å². The molecule has 0 radical (unpaired) electrons. The average molecular weight is 622 g/mol. The number of ether oxygens (including phenoxy) is 1. The van der Waals surface area contributed by atoms with Crippen molar-refractivity contribution in [1.29, 1.82) is 0 Å². The Morgan fingerprint density at radius 3 is 2.00 bits per heavy atom. The van der Waals surface area contributed by atoms with Gasteiger partial charge in [0.15, 0.2) is 9.79 Å². The fraction of sp³-hybridized carbons (Fsp3) is 0.0714. The molecule has 0 fully saturated rings. The zero-order chi connectivity index (χ0) is 28.3. The summed E-state index contributed by atoms with van der Waals surface area (Å²) < 4.78 is 18.8. The number of nitrogens with one attached hydrogen (secondary N) is 2.